The zero-order valence-corrected chi connectivity index (χ0v) is 26.0. The first-order chi connectivity index (χ1) is 22.9. The second-order valence-corrected chi connectivity index (χ2v) is 11.7. The minimum Gasteiger partial charge on any atom is -0.455 e. The molecule has 256 valence electrons. The molecule has 5 rings (SSSR count). The van der Waals surface area contributed by atoms with Gasteiger partial charge >= 0.3 is 11.8 Å². The van der Waals surface area contributed by atoms with Crippen LogP contribution in [0.25, 0.3) is 11.0 Å². The van der Waals surface area contributed by atoms with Crippen molar-refractivity contribution in [1.29, 1.82) is 5.26 Å². The van der Waals surface area contributed by atoms with Crippen LogP contribution in [0.5, 0.6) is 5.75 Å². The summed E-state index contributed by atoms with van der Waals surface area (Å²) in [5.74, 6) is 0.166. The molecule has 0 unspecified atom stereocenters. The molecule has 7 atom stereocenters. The smallest absolute Gasteiger partial charge is 0.420 e. The lowest BCUT2D eigenvalue weighted by atomic mass is 9.92. The number of hydrogen-bond acceptors (Lipinski definition) is 15. The molecule has 1 aromatic carbocycles. The SMILES string of the molecule is C[C@@H]1CCN(C(=O)CC#N)C[C@@H]1N(C)c1ncnc2c1ccn2C(=O)OCc1ccc(O[C@@H]2O[C@H](CO)[C@@H](O)[C@H](O)[C@H]2O)c([N+](=O)[O-])c1. The summed E-state index contributed by atoms with van der Waals surface area (Å²) in [6.45, 7) is 1.97. The van der Waals surface area contributed by atoms with E-state index >= 15 is 0 Å². The number of piperidine rings is 1. The number of nitro benzene ring substituents is 1. The summed E-state index contributed by atoms with van der Waals surface area (Å²) >= 11 is 0. The predicted octanol–water partition coefficient (Wildman–Crippen LogP) is 0.290. The Bertz CT molecular complexity index is 1710. The highest BCUT2D eigenvalue weighted by Gasteiger charge is 2.45. The zero-order chi connectivity index (χ0) is 34.7. The number of hydrogen-bond donors (Lipinski definition) is 4. The third kappa shape index (κ3) is 6.86. The van der Waals surface area contributed by atoms with Gasteiger partial charge < -0.3 is 44.4 Å². The summed E-state index contributed by atoms with van der Waals surface area (Å²) in [5.41, 5.74) is -0.0753. The number of ether oxygens (including phenoxy) is 3. The van der Waals surface area contributed by atoms with Crippen molar-refractivity contribution in [2.24, 2.45) is 5.92 Å². The molecule has 2 saturated heterocycles. The molecule has 4 heterocycles. The van der Waals surface area contributed by atoms with Gasteiger partial charge in [-0.15, -0.1) is 0 Å². The van der Waals surface area contributed by atoms with Gasteiger partial charge in [0.05, 0.1) is 29.0 Å². The third-order valence-electron chi connectivity index (χ3n) is 8.66. The second kappa shape index (κ2) is 14.5. The Morgan fingerprint density at radius 3 is 2.69 bits per heavy atom. The lowest BCUT2D eigenvalue weighted by Crippen LogP contribution is -2.60. The number of carbonyl (C=O) groups excluding carboxylic acids is 2. The lowest BCUT2D eigenvalue weighted by molar-refractivity contribution is -0.387. The van der Waals surface area contributed by atoms with E-state index in [4.69, 9.17) is 19.5 Å². The maximum atomic E-state index is 13.1. The highest BCUT2D eigenvalue weighted by molar-refractivity contribution is 5.93. The van der Waals surface area contributed by atoms with Crippen molar-refractivity contribution in [2.75, 3.05) is 31.6 Å². The van der Waals surface area contributed by atoms with Crippen LogP contribution in [-0.4, -0.2) is 120 Å². The van der Waals surface area contributed by atoms with Crippen molar-refractivity contribution in [1.82, 2.24) is 19.4 Å². The number of nitriles is 1. The number of aliphatic hydroxyl groups is 4. The Morgan fingerprint density at radius 2 is 1.98 bits per heavy atom. The molecule has 4 N–H and O–H groups in total. The van der Waals surface area contributed by atoms with Crippen LogP contribution < -0.4 is 9.64 Å². The number of rotatable bonds is 9. The number of carbonyl (C=O) groups is 2. The molecule has 1 amide bonds. The van der Waals surface area contributed by atoms with Crippen LogP contribution in [0.4, 0.5) is 16.3 Å². The van der Waals surface area contributed by atoms with E-state index in [-0.39, 0.29) is 47.9 Å². The number of likely N-dealkylation sites (tertiary alicyclic amines) is 1. The van der Waals surface area contributed by atoms with E-state index in [1.54, 1.807) is 11.0 Å². The maximum absolute atomic E-state index is 13.1. The molecule has 0 radical (unpaired) electrons. The lowest BCUT2D eigenvalue weighted by Gasteiger charge is -2.42. The number of anilines is 1. The maximum Gasteiger partial charge on any atom is 0.420 e. The van der Waals surface area contributed by atoms with Gasteiger partial charge in [0, 0.05) is 32.4 Å². The first-order valence-electron chi connectivity index (χ1n) is 15.1. The van der Waals surface area contributed by atoms with E-state index in [1.807, 2.05) is 18.0 Å². The van der Waals surface area contributed by atoms with Crippen molar-refractivity contribution >= 4 is 34.5 Å². The first-order valence-corrected chi connectivity index (χ1v) is 15.1. The fourth-order valence-electron chi connectivity index (χ4n) is 5.88. The number of fused-ring (bicyclic) bond motifs is 1. The topological polar surface area (TPSA) is 247 Å². The fraction of sp³-hybridized carbons (Fsp3) is 0.500. The van der Waals surface area contributed by atoms with E-state index in [9.17, 15) is 40.1 Å². The van der Waals surface area contributed by atoms with Gasteiger partial charge in [0.2, 0.25) is 12.2 Å². The molecule has 0 saturated carbocycles. The van der Waals surface area contributed by atoms with Crippen molar-refractivity contribution in [3.8, 4) is 11.8 Å². The number of nitrogens with zero attached hydrogens (tertiary/aromatic N) is 7. The molecule has 2 aliphatic heterocycles. The predicted molar refractivity (Wildman–Crippen MR) is 163 cm³/mol. The minimum atomic E-state index is -1.78. The number of benzene rings is 1. The Morgan fingerprint density at radius 1 is 1.21 bits per heavy atom. The van der Waals surface area contributed by atoms with Crippen LogP contribution in [0.2, 0.25) is 0 Å². The van der Waals surface area contributed by atoms with E-state index in [0.717, 1.165) is 12.5 Å². The van der Waals surface area contributed by atoms with Crippen LogP contribution in [0.15, 0.2) is 36.8 Å². The number of nitro groups is 1. The summed E-state index contributed by atoms with van der Waals surface area (Å²) in [4.78, 5) is 48.9. The molecule has 0 spiro atoms. The van der Waals surface area contributed by atoms with Gasteiger partial charge in [-0.3, -0.25) is 14.9 Å². The Balaban J connectivity index is 1.29. The molecule has 3 aromatic rings. The van der Waals surface area contributed by atoms with Gasteiger partial charge in [0.1, 0.15) is 49.6 Å². The molecule has 2 aliphatic rings. The Labute approximate surface area is 273 Å². The van der Waals surface area contributed by atoms with Gasteiger partial charge in [-0.25, -0.2) is 19.3 Å². The Kier molecular flexibility index (Phi) is 10.4. The van der Waals surface area contributed by atoms with Crippen LogP contribution in [0, 0.1) is 27.4 Å². The number of likely N-dealkylation sites (N-methyl/N-ethyl adjacent to an activating group) is 1. The van der Waals surface area contributed by atoms with Crippen LogP contribution >= 0.6 is 0 Å². The molecule has 0 aliphatic carbocycles. The average Bonchev–Trinajstić information content (AvgIpc) is 3.52. The summed E-state index contributed by atoms with van der Waals surface area (Å²) < 4.78 is 17.3. The molecule has 48 heavy (non-hydrogen) atoms. The molecular weight excluding hydrogens is 634 g/mol. The van der Waals surface area contributed by atoms with E-state index < -0.39 is 54.0 Å². The molecule has 18 heteroatoms. The van der Waals surface area contributed by atoms with Crippen LogP contribution in [0.1, 0.15) is 25.3 Å². The van der Waals surface area contributed by atoms with E-state index in [1.165, 1.54) is 29.2 Å². The minimum absolute atomic E-state index is 0.113. The van der Waals surface area contributed by atoms with Crippen molar-refractivity contribution < 1.29 is 49.1 Å². The molecule has 2 aromatic heterocycles. The second-order valence-electron chi connectivity index (χ2n) is 11.7. The summed E-state index contributed by atoms with van der Waals surface area (Å²) in [5, 5.41) is 60.9. The summed E-state index contributed by atoms with van der Waals surface area (Å²) in [6.07, 6.45) is -5.55. The summed E-state index contributed by atoms with van der Waals surface area (Å²) in [6, 6.07) is 7.13. The average molecular weight is 670 g/mol. The van der Waals surface area contributed by atoms with E-state index in [0.29, 0.717) is 24.3 Å². The van der Waals surface area contributed by atoms with Gasteiger partial charge in [0.15, 0.2) is 11.4 Å². The largest absolute Gasteiger partial charge is 0.455 e. The highest BCUT2D eigenvalue weighted by atomic mass is 16.7. The number of amides is 1. The highest BCUT2D eigenvalue weighted by Crippen LogP contribution is 2.33. The normalized spacial score (nSPS) is 25.7. The van der Waals surface area contributed by atoms with Crippen molar-refractivity contribution in [3.05, 3.63) is 52.5 Å². The standard InChI is InChI=1S/C30H35N7O11/c1-16-6-9-35(23(39)5-8-31)12-20(16)34(2)27-18-7-10-36(28(18)33-15-32-27)30(43)46-14-17-3-4-21(19(11-17)37(44)45)47-29-26(42)25(41)24(40)22(13-38)48-29/h3-4,7,10-11,15-16,20,22,24-26,29,38,40-42H,5-6,9,12-14H2,1-2H3/t16-,20+,22-,24-,25+,26-,29-/m1/s1. The van der Waals surface area contributed by atoms with Gasteiger partial charge in [-0.2, -0.15) is 5.26 Å². The van der Waals surface area contributed by atoms with Gasteiger partial charge in [0.25, 0.3) is 0 Å². The molecular formula is C30H35N7O11. The third-order valence-corrected chi connectivity index (χ3v) is 8.66. The zero-order valence-electron chi connectivity index (χ0n) is 26.0. The molecule has 0 bridgehead atoms. The van der Waals surface area contributed by atoms with Gasteiger partial charge in [-0.1, -0.05) is 13.0 Å². The van der Waals surface area contributed by atoms with Crippen LogP contribution in [-0.2, 0) is 20.9 Å². The monoisotopic (exact) mass is 669 g/mol. The molecule has 2 fully saturated rings. The van der Waals surface area contributed by atoms with Crippen LogP contribution in [0.3, 0.4) is 0 Å². The van der Waals surface area contributed by atoms with Crippen molar-refractivity contribution in [3.63, 3.8) is 0 Å². The molecule has 18 nitrogen and oxygen atoms in total. The quantitative estimate of drug-likeness (QED) is 0.177. The fourth-order valence-corrected chi connectivity index (χ4v) is 5.88. The summed E-state index contributed by atoms with van der Waals surface area (Å²) in [7, 11) is 1.84. The number of aliphatic hydroxyl groups excluding tert-OH is 4. The van der Waals surface area contributed by atoms with Gasteiger partial charge in [-0.05, 0) is 30.0 Å². The number of aromatic nitrogens is 3. The first kappa shape index (κ1) is 34.4. The van der Waals surface area contributed by atoms with E-state index in [2.05, 4.69) is 16.9 Å². The Hall–Kier alpha value is -4.93. The van der Waals surface area contributed by atoms with Crippen molar-refractivity contribution in [2.45, 2.75) is 63.1 Å².